The monoisotopic (exact) mass is 436 g/mol. The van der Waals surface area contributed by atoms with Crippen molar-refractivity contribution in [1.82, 2.24) is 4.57 Å². The van der Waals surface area contributed by atoms with Gasteiger partial charge in [0.1, 0.15) is 5.56 Å². The maximum absolute atomic E-state index is 13.6. The second kappa shape index (κ2) is 9.29. The minimum atomic E-state index is -0.395. The third-order valence-corrected chi connectivity index (χ3v) is 6.18. The fourth-order valence-corrected chi connectivity index (χ4v) is 4.15. The summed E-state index contributed by atoms with van der Waals surface area (Å²) in [5.74, 6) is -0.395. The van der Waals surface area contributed by atoms with Crippen LogP contribution in [0.5, 0.6) is 0 Å². The van der Waals surface area contributed by atoms with Gasteiger partial charge in [-0.05, 0) is 56.0 Å². The van der Waals surface area contributed by atoms with Crippen LogP contribution in [0.1, 0.15) is 38.3 Å². The molecule has 1 amide bonds. The molecule has 4 rings (SSSR count). The lowest BCUT2D eigenvalue weighted by molar-refractivity contribution is 0.102. The normalized spacial score (nSPS) is 10.8. The Labute approximate surface area is 194 Å². The molecule has 3 aromatic carbocycles. The van der Waals surface area contributed by atoms with Gasteiger partial charge in [0.15, 0.2) is 5.43 Å². The zero-order chi connectivity index (χ0) is 23.5. The maximum atomic E-state index is 13.6. The van der Waals surface area contributed by atoms with Crippen LogP contribution in [-0.4, -0.2) is 10.5 Å². The number of carbonyl (C=O) groups is 1. The van der Waals surface area contributed by atoms with E-state index in [0.717, 1.165) is 33.5 Å². The van der Waals surface area contributed by atoms with Gasteiger partial charge in [0.05, 0.1) is 5.69 Å². The van der Waals surface area contributed by atoms with E-state index in [1.165, 1.54) is 0 Å². The topological polar surface area (TPSA) is 51.1 Å². The molecule has 4 aromatic rings. The molecule has 0 aliphatic rings. The van der Waals surface area contributed by atoms with E-state index in [9.17, 15) is 9.59 Å². The molecular weight excluding hydrogens is 408 g/mol. The molecule has 0 aliphatic carbocycles. The van der Waals surface area contributed by atoms with Crippen molar-refractivity contribution in [1.29, 1.82) is 0 Å². The molecular formula is C29H28N2O2. The van der Waals surface area contributed by atoms with Crippen molar-refractivity contribution in [3.63, 3.8) is 0 Å². The van der Waals surface area contributed by atoms with Crippen molar-refractivity contribution >= 4 is 11.6 Å². The summed E-state index contributed by atoms with van der Waals surface area (Å²) in [6.45, 7) is 8.44. The molecule has 4 nitrogen and oxygen atoms in total. The summed E-state index contributed by atoms with van der Waals surface area (Å²) in [6, 6.07) is 25.3. The SMILES string of the molecule is Cc1ccccc1-c1c(C(=O)Nc2cccc(C)c2C)c(=O)cc(C)n1Cc1ccccc1. The summed E-state index contributed by atoms with van der Waals surface area (Å²) in [4.78, 5) is 26.9. The molecule has 0 saturated carbocycles. The first-order valence-electron chi connectivity index (χ1n) is 11.1. The standard InChI is InChI=1S/C29H28N2O2/c1-19-12-10-16-25(22(19)4)30-29(33)27-26(32)17-21(3)31(18-23-13-6-5-7-14-23)28(27)24-15-9-8-11-20(24)2/h5-17H,18H2,1-4H3,(H,30,33). The predicted molar refractivity (Wildman–Crippen MR) is 135 cm³/mol. The summed E-state index contributed by atoms with van der Waals surface area (Å²) < 4.78 is 2.07. The number of anilines is 1. The third kappa shape index (κ3) is 4.51. The van der Waals surface area contributed by atoms with Crippen LogP contribution in [0.25, 0.3) is 11.3 Å². The average molecular weight is 437 g/mol. The molecule has 33 heavy (non-hydrogen) atoms. The number of amides is 1. The van der Waals surface area contributed by atoms with Gasteiger partial charge in [-0.15, -0.1) is 0 Å². The van der Waals surface area contributed by atoms with Gasteiger partial charge in [-0.2, -0.15) is 0 Å². The van der Waals surface area contributed by atoms with Gasteiger partial charge in [0.2, 0.25) is 0 Å². The van der Waals surface area contributed by atoms with E-state index in [1.54, 1.807) is 6.07 Å². The number of hydrogen-bond donors (Lipinski definition) is 1. The van der Waals surface area contributed by atoms with Crippen molar-refractivity contribution in [2.24, 2.45) is 0 Å². The van der Waals surface area contributed by atoms with Crippen LogP contribution in [0.15, 0.2) is 83.7 Å². The molecule has 0 saturated heterocycles. The Kier molecular flexibility index (Phi) is 6.27. The molecule has 4 heteroatoms. The third-order valence-electron chi connectivity index (χ3n) is 6.18. The van der Waals surface area contributed by atoms with Crippen molar-refractivity contribution in [3.05, 3.63) is 123 Å². The molecule has 0 bridgehead atoms. The zero-order valence-corrected chi connectivity index (χ0v) is 19.5. The van der Waals surface area contributed by atoms with Crippen LogP contribution in [-0.2, 0) is 6.54 Å². The zero-order valence-electron chi connectivity index (χ0n) is 19.5. The fourth-order valence-electron chi connectivity index (χ4n) is 4.15. The van der Waals surface area contributed by atoms with Gasteiger partial charge in [-0.25, -0.2) is 0 Å². The van der Waals surface area contributed by atoms with Gasteiger partial charge in [-0.3, -0.25) is 9.59 Å². The lowest BCUT2D eigenvalue weighted by atomic mass is 9.98. The van der Waals surface area contributed by atoms with Gasteiger partial charge in [0, 0.05) is 29.6 Å². The lowest BCUT2D eigenvalue weighted by Crippen LogP contribution is -2.27. The van der Waals surface area contributed by atoms with Gasteiger partial charge in [0.25, 0.3) is 5.91 Å². The number of hydrogen-bond acceptors (Lipinski definition) is 2. The van der Waals surface area contributed by atoms with Crippen molar-refractivity contribution in [2.45, 2.75) is 34.2 Å². The number of rotatable bonds is 5. The first kappa shape index (κ1) is 22.3. The van der Waals surface area contributed by atoms with E-state index in [2.05, 4.69) is 22.0 Å². The second-order valence-electron chi connectivity index (χ2n) is 8.46. The van der Waals surface area contributed by atoms with E-state index >= 15 is 0 Å². The lowest BCUT2D eigenvalue weighted by Gasteiger charge is -2.22. The maximum Gasteiger partial charge on any atom is 0.261 e. The predicted octanol–water partition coefficient (Wildman–Crippen LogP) is 6.05. The highest BCUT2D eigenvalue weighted by Gasteiger charge is 2.23. The Hall–Kier alpha value is -3.92. The number of pyridine rings is 1. The average Bonchev–Trinajstić information content (AvgIpc) is 2.79. The van der Waals surface area contributed by atoms with E-state index < -0.39 is 5.91 Å². The van der Waals surface area contributed by atoms with E-state index in [1.807, 2.05) is 88.4 Å². The summed E-state index contributed by atoms with van der Waals surface area (Å²) in [6.07, 6.45) is 0. The summed E-state index contributed by atoms with van der Waals surface area (Å²) in [7, 11) is 0. The molecule has 0 fully saturated rings. The summed E-state index contributed by atoms with van der Waals surface area (Å²) in [5.41, 5.74) is 7.09. The molecule has 1 aromatic heterocycles. The Morgan fingerprint density at radius 2 is 1.48 bits per heavy atom. The fraction of sp³-hybridized carbons (Fsp3) is 0.172. The minimum Gasteiger partial charge on any atom is -0.340 e. The molecule has 0 aliphatic heterocycles. The Bertz CT molecular complexity index is 1380. The molecule has 166 valence electrons. The first-order valence-corrected chi connectivity index (χ1v) is 11.1. The number of carbonyl (C=O) groups excluding carboxylic acids is 1. The molecule has 1 heterocycles. The Balaban J connectivity index is 1.93. The minimum absolute atomic E-state index is 0.159. The number of aromatic nitrogens is 1. The number of nitrogens with one attached hydrogen (secondary N) is 1. The summed E-state index contributed by atoms with van der Waals surface area (Å²) in [5, 5.41) is 3.00. The summed E-state index contributed by atoms with van der Waals surface area (Å²) >= 11 is 0. The van der Waals surface area contributed by atoms with Gasteiger partial charge in [-0.1, -0.05) is 66.7 Å². The van der Waals surface area contributed by atoms with E-state index in [0.29, 0.717) is 17.9 Å². The second-order valence-corrected chi connectivity index (χ2v) is 8.46. The molecule has 0 atom stereocenters. The van der Waals surface area contributed by atoms with Crippen LogP contribution in [0.4, 0.5) is 5.69 Å². The highest BCUT2D eigenvalue weighted by Crippen LogP contribution is 2.29. The Morgan fingerprint density at radius 1 is 0.818 bits per heavy atom. The van der Waals surface area contributed by atoms with Crippen LogP contribution in [0.3, 0.4) is 0 Å². The largest absolute Gasteiger partial charge is 0.340 e. The van der Waals surface area contributed by atoms with Gasteiger partial charge >= 0.3 is 0 Å². The van der Waals surface area contributed by atoms with Gasteiger partial charge < -0.3 is 9.88 Å². The van der Waals surface area contributed by atoms with Crippen LogP contribution in [0.2, 0.25) is 0 Å². The van der Waals surface area contributed by atoms with E-state index in [-0.39, 0.29) is 11.0 Å². The van der Waals surface area contributed by atoms with Crippen molar-refractivity contribution < 1.29 is 4.79 Å². The van der Waals surface area contributed by atoms with Crippen LogP contribution >= 0.6 is 0 Å². The first-order chi connectivity index (χ1) is 15.9. The smallest absolute Gasteiger partial charge is 0.261 e. The molecule has 1 N–H and O–H groups in total. The highest BCUT2D eigenvalue weighted by molar-refractivity contribution is 6.08. The molecule has 0 spiro atoms. The molecule has 0 radical (unpaired) electrons. The van der Waals surface area contributed by atoms with Crippen molar-refractivity contribution in [3.8, 4) is 11.3 Å². The number of nitrogens with zero attached hydrogens (tertiary/aromatic N) is 1. The Morgan fingerprint density at radius 3 is 2.21 bits per heavy atom. The van der Waals surface area contributed by atoms with Crippen molar-refractivity contribution in [2.75, 3.05) is 5.32 Å². The number of benzene rings is 3. The highest BCUT2D eigenvalue weighted by atomic mass is 16.2. The van der Waals surface area contributed by atoms with Crippen LogP contribution in [0, 0.1) is 27.7 Å². The number of aryl methyl sites for hydroxylation is 3. The van der Waals surface area contributed by atoms with Crippen LogP contribution < -0.4 is 10.7 Å². The quantitative estimate of drug-likeness (QED) is 0.414. The van der Waals surface area contributed by atoms with E-state index in [4.69, 9.17) is 0 Å². The molecule has 0 unspecified atom stereocenters.